The standard InChI is InChI=1S/CF5O3SSi/c2-1(3,4)10(7,8)9-11(5)6. The van der Waals surface area contributed by atoms with Crippen molar-refractivity contribution in [3.8, 4) is 0 Å². The van der Waals surface area contributed by atoms with Crippen LogP contribution in [-0.4, -0.2) is 23.6 Å². The zero-order valence-corrected chi connectivity index (χ0v) is 6.34. The van der Waals surface area contributed by atoms with E-state index >= 15 is 0 Å². The SMILES string of the molecule is O=S(=O)(O[Si](F)F)C(F)(F)F. The molecule has 0 aliphatic heterocycles. The van der Waals surface area contributed by atoms with E-state index in [9.17, 15) is 29.8 Å². The molecule has 10 heteroatoms. The average molecular weight is 215 g/mol. The van der Waals surface area contributed by atoms with Crippen LogP contribution in [0, 0.1) is 0 Å². The van der Waals surface area contributed by atoms with Crippen LogP contribution in [0.4, 0.5) is 21.4 Å². The molecule has 0 amide bonds. The summed E-state index contributed by atoms with van der Waals surface area (Å²) in [5.74, 6) is 0. The highest BCUT2D eigenvalue weighted by Gasteiger charge is 2.49. The third-order valence-electron chi connectivity index (χ3n) is 0.456. The van der Waals surface area contributed by atoms with E-state index in [1.807, 2.05) is 0 Å². The van der Waals surface area contributed by atoms with Crippen LogP contribution in [0.5, 0.6) is 0 Å². The minimum atomic E-state index is -6.10. The van der Waals surface area contributed by atoms with E-state index in [1.54, 1.807) is 0 Å². The largest absolute Gasteiger partial charge is 0.678 e. The summed E-state index contributed by atoms with van der Waals surface area (Å²) in [5.41, 5.74) is -5.78. The quantitative estimate of drug-likeness (QED) is 0.296. The summed E-state index contributed by atoms with van der Waals surface area (Å²) in [7, 11) is -11.0. The molecule has 11 heavy (non-hydrogen) atoms. The summed E-state index contributed by atoms with van der Waals surface area (Å²) in [6.45, 7) is 0. The van der Waals surface area contributed by atoms with Crippen LogP contribution in [0.15, 0.2) is 0 Å². The molecule has 0 rings (SSSR count). The molecule has 0 unspecified atom stereocenters. The fourth-order valence-corrected chi connectivity index (χ4v) is 1.17. The van der Waals surface area contributed by atoms with Gasteiger partial charge < -0.3 is 0 Å². The van der Waals surface area contributed by atoms with Crippen LogP contribution in [0.1, 0.15) is 0 Å². The molecule has 0 heterocycles. The van der Waals surface area contributed by atoms with Crippen molar-refractivity contribution in [2.75, 3.05) is 0 Å². The maximum absolute atomic E-state index is 11.2. The molecule has 0 atom stereocenters. The maximum Gasteiger partial charge on any atom is 0.678 e. The van der Waals surface area contributed by atoms with Crippen molar-refractivity contribution in [2.45, 2.75) is 5.51 Å². The Morgan fingerprint density at radius 1 is 1.18 bits per heavy atom. The summed E-state index contributed by atoms with van der Waals surface area (Å²) >= 11 is 0. The van der Waals surface area contributed by atoms with Crippen molar-refractivity contribution in [3.63, 3.8) is 0 Å². The van der Waals surface area contributed by atoms with E-state index in [2.05, 4.69) is 3.87 Å². The average Bonchev–Trinajstić information content (AvgIpc) is 1.56. The normalized spacial score (nSPS) is 14.0. The maximum atomic E-state index is 11.2. The summed E-state index contributed by atoms with van der Waals surface area (Å²) < 4.78 is 77.4. The lowest BCUT2D eigenvalue weighted by Crippen LogP contribution is -2.28. The number of alkyl halides is 3. The molecule has 67 valence electrons. The lowest BCUT2D eigenvalue weighted by atomic mass is 11.6. The van der Waals surface area contributed by atoms with Gasteiger partial charge in [0.05, 0.1) is 0 Å². The second-order valence-corrected chi connectivity index (χ2v) is 3.70. The third kappa shape index (κ3) is 3.12. The van der Waals surface area contributed by atoms with Crippen LogP contribution >= 0.6 is 0 Å². The Kier molecular flexibility index (Phi) is 2.96. The fraction of sp³-hybridized carbons (Fsp3) is 1.00. The molecule has 1 radical (unpaired) electrons. The van der Waals surface area contributed by atoms with Gasteiger partial charge in [0.15, 0.2) is 0 Å². The van der Waals surface area contributed by atoms with Crippen molar-refractivity contribution in [3.05, 3.63) is 0 Å². The monoisotopic (exact) mass is 215 g/mol. The van der Waals surface area contributed by atoms with Crippen molar-refractivity contribution in [1.82, 2.24) is 0 Å². The molecule has 0 fully saturated rings. The molecule has 0 aromatic heterocycles. The molecular formula is CF5O3SSi. The predicted molar refractivity (Wildman–Crippen MR) is 24.0 cm³/mol. The van der Waals surface area contributed by atoms with Crippen molar-refractivity contribution >= 4 is 19.8 Å². The van der Waals surface area contributed by atoms with Gasteiger partial charge in [-0.05, 0) is 0 Å². The van der Waals surface area contributed by atoms with E-state index in [0.29, 0.717) is 0 Å². The number of halogens is 5. The second-order valence-electron chi connectivity index (χ2n) is 1.21. The van der Waals surface area contributed by atoms with Crippen LogP contribution in [-0.2, 0) is 14.0 Å². The number of rotatable bonds is 2. The van der Waals surface area contributed by atoms with Gasteiger partial charge in [-0.1, -0.05) is 0 Å². The minimum absolute atomic E-state index is 2.42. The first kappa shape index (κ1) is 10.8. The van der Waals surface area contributed by atoms with Gasteiger partial charge in [0.2, 0.25) is 0 Å². The molecular weight excluding hydrogens is 215 g/mol. The molecule has 0 aromatic rings. The zero-order valence-electron chi connectivity index (χ0n) is 4.52. The molecule has 0 saturated carbocycles. The molecule has 0 spiro atoms. The van der Waals surface area contributed by atoms with E-state index in [4.69, 9.17) is 0 Å². The van der Waals surface area contributed by atoms with Gasteiger partial charge in [0.25, 0.3) is 0 Å². The molecule has 0 aromatic carbocycles. The highest BCUT2D eigenvalue weighted by molar-refractivity contribution is 7.88. The Balaban J connectivity index is 4.51. The third-order valence-corrected chi connectivity index (χ3v) is 2.40. The van der Waals surface area contributed by atoms with Crippen LogP contribution < -0.4 is 0 Å². The summed E-state index contributed by atoms with van der Waals surface area (Å²) in [6, 6.07) is 0. The van der Waals surface area contributed by atoms with Gasteiger partial charge in [0, 0.05) is 0 Å². The van der Waals surface area contributed by atoms with Crippen LogP contribution in [0.25, 0.3) is 0 Å². The van der Waals surface area contributed by atoms with Crippen LogP contribution in [0.2, 0.25) is 0 Å². The van der Waals surface area contributed by atoms with Crippen molar-refractivity contribution in [1.29, 1.82) is 0 Å². The fourth-order valence-electron chi connectivity index (χ4n) is 0.130. The molecule has 0 aliphatic carbocycles. The summed E-state index contributed by atoms with van der Waals surface area (Å²) in [4.78, 5) is 0. The highest BCUT2D eigenvalue weighted by atomic mass is 32.2. The number of hydrogen-bond acceptors (Lipinski definition) is 3. The van der Waals surface area contributed by atoms with E-state index in [1.165, 1.54) is 0 Å². The van der Waals surface area contributed by atoms with E-state index < -0.39 is 25.3 Å². The Hall–Kier alpha value is -0.223. The van der Waals surface area contributed by atoms with Crippen LogP contribution in [0.3, 0.4) is 0 Å². The summed E-state index contributed by atoms with van der Waals surface area (Å²) in [5, 5.41) is 0. The second kappa shape index (κ2) is 3.03. The Bertz CT molecular complexity index is 216. The van der Waals surface area contributed by atoms with Gasteiger partial charge >= 0.3 is 25.3 Å². The molecule has 0 aliphatic rings. The van der Waals surface area contributed by atoms with Crippen molar-refractivity contribution < 1.29 is 33.7 Å². The first-order valence-electron chi connectivity index (χ1n) is 1.85. The smallest absolute Gasteiger partial charge is 0.243 e. The summed E-state index contributed by atoms with van der Waals surface area (Å²) in [6.07, 6.45) is 0. The molecule has 3 nitrogen and oxygen atoms in total. The van der Waals surface area contributed by atoms with Gasteiger partial charge in [-0.2, -0.15) is 21.6 Å². The first-order chi connectivity index (χ1) is 4.67. The van der Waals surface area contributed by atoms with Gasteiger partial charge in [-0.25, -0.2) is 12.1 Å². The molecule has 0 saturated heterocycles. The Morgan fingerprint density at radius 3 is 1.64 bits per heavy atom. The lowest BCUT2D eigenvalue weighted by molar-refractivity contribution is -0.0508. The minimum Gasteiger partial charge on any atom is -0.243 e. The van der Waals surface area contributed by atoms with Gasteiger partial charge in [-0.15, -0.1) is 0 Å². The zero-order chi connectivity index (χ0) is 9.28. The first-order valence-corrected chi connectivity index (χ1v) is 4.43. The topological polar surface area (TPSA) is 43.4 Å². The molecule has 0 bridgehead atoms. The number of hydrogen-bond donors (Lipinski definition) is 0. The van der Waals surface area contributed by atoms with Crippen molar-refractivity contribution in [2.24, 2.45) is 0 Å². The molecule has 0 N–H and O–H groups in total. The highest BCUT2D eigenvalue weighted by Crippen LogP contribution is 2.25. The lowest BCUT2D eigenvalue weighted by Gasteiger charge is -2.04. The predicted octanol–water partition coefficient (Wildman–Crippen LogP) is 0.777. The van der Waals surface area contributed by atoms with Gasteiger partial charge in [0.1, 0.15) is 0 Å². The van der Waals surface area contributed by atoms with E-state index in [0.717, 1.165) is 0 Å². The Labute approximate surface area is 60.0 Å². The Morgan fingerprint density at radius 2 is 1.55 bits per heavy atom. The van der Waals surface area contributed by atoms with Gasteiger partial charge in [-0.3, -0.25) is 0 Å². The van der Waals surface area contributed by atoms with E-state index in [-0.39, 0.29) is 0 Å².